The fourth-order valence-electron chi connectivity index (χ4n) is 2.65. The standard InChI is InChI=1S/C20H18ClN5O/c1-12(27)24-16-4-2-3-13(11-16)5-10-17-18(19(22)26-20(23)25-17)14-6-8-15(21)9-7-14/h2-11H,1H3,(H,24,27)(H4,22,23,25,26)/b10-5+. The van der Waals surface area contributed by atoms with Gasteiger partial charge in [-0.15, -0.1) is 0 Å². The molecule has 0 atom stereocenters. The number of anilines is 3. The summed E-state index contributed by atoms with van der Waals surface area (Å²) in [7, 11) is 0. The van der Waals surface area contributed by atoms with Gasteiger partial charge in [-0.1, -0.05) is 41.9 Å². The van der Waals surface area contributed by atoms with E-state index in [-0.39, 0.29) is 17.7 Å². The van der Waals surface area contributed by atoms with Gasteiger partial charge >= 0.3 is 0 Å². The molecule has 1 amide bonds. The molecule has 3 aromatic rings. The second-order valence-corrected chi connectivity index (χ2v) is 6.31. The number of nitrogens with two attached hydrogens (primary N) is 2. The van der Waals surface area contributed by atoms with Crippen molar-refractivity contribution >= 4 is 47.1 Å². The number of rotatable bonds is 4. The summed E-state index contributed by atoms with van der Waals surface area (Å²) in [6.45, 7) is 1.47. The number of carbonyl (C=O) groups is 1. The van der Waals surface area contributed by atoms with E-state index in [0.717, 1.165) is 11.1 Å². The van der Waals surface area contributed by atoms with Crippen molar-refractivity contribution in [2.45, 2.75) is 6.92 Å². The van der Waals surface area contributed by atoms with Crippen LogP contribution in [0, 0.1) is 0 Å². The number of nitrogens with one attached hydrogen (secondary N) is 1. The number of nitrogens with zero attached hydrogens (tertiary/aromatic N) is 2. The molecule has 5 N–H and O–H groups in total. The molecule has 0 fully saturated rings. The number of carbonyl (C=O) groups excluding carboxylic acids is 1. The Bertz CT molecular complexity index is 1020. The predicted octanol–water partition coefficient (Wildman–Crippen LogP) is 4.09. The molecule has 0 saturated heterocycles. The summed E-state index contributed by atoms with van der Waals surface area (Å²) in [6, 6.07) is 14.7. The molecule has 0 aliphatic carbocycles. The van der Waals surface area contributed by atoms with Crippen LogP contribution in [0.1, 0.15) is 18.2 Å². The lowest BCUT2D eigenvalue weighted by molar-refractivity contribution is -0.114. The van der Waals surface area contributed by atoms with Crippen LogP contribution in [-0.4, -0.2) is 15.9 Å². The van der Waals surface area contributed by atoms with Gasteiger partial charge in [0.05, 0.1) is 5.69 Å². The molecular weight excluding hydrogens is 362 g/mol. The topological polar surface area (TPSA) is 107 Å². The van der Waals surface area contributed by atoms with Gasteiger partial charge < -0.3 is 16.8 Å². The van der Waals surface area contributed by atoms with Crippen LogP contribution in [0.5, 0.6) is 0 Å². The molecule has 0 saturated carbocycles. The van der Waals surface area contributed by atoms with Crippen molar-refractivity contribution in [1.29, 1.82) is 0 Å². The van der Waals surface area contributed by atoms with Gasteiger partial charge in [-0.3, -0.25) is 4.79 Å². The summed E-state index contributed by atoms with van der Waals surface area (Å²) in [4.78, 5) is 19.6. The first-order valence-corrected chi connectivity index (χ1v) is 8.55. The van der Waals surface area contributed by atoms with Crippen LogP contribution in [0.2, 0.25) is 5.02 Å². The fraction of sp³-hybridized carbons (Fsp3) is 0.0500. The highest BCUT2D eigenvalue weighted by atomic mass is 35.5. The third-order valence-electron chi connectivity index (χ3n) is 3.76. The maximum absolute atomic E-state index is 11.2. The third-order valence-corrected chi connectivity index (χ3v) is 4.01. The number of amides is 1. The summed E-state index contributed by atoms with van der Waals surface area (Å²) >= 11 is 5.97. The molecule has 0 unspecified atom stereocenters. The van der Waals surface area contributed by atoms with E-state index < -0.39 is 0 Å². The van der Waals surface area contributed by atoms with E-state index >= 15 is 0 Å². The van der Waals surface area contributed by atoms with Gasteiger partial charge in [-0.05, 0) is 41.5 Å². The van der Waals surface area contributed by atoms with Crippen LogP contribution in [0.3, 0.4) is 0 Å². The summed E-state index contributed by atoms with van der Waals surface area (Å²) in [5.41, 5.74) is 15.6. The molecule has 6 nitrogen and oxygen atoms in total. The number of benzene rings is 2. The van der Waals surface area contributed by atoms with Gasteiger partial charge in [0.15, 0.2) is 0 Å². The second-order valence-electron chi connectivity index (χ2n) is 5.87. The molecule has 0 aliphatic heterocycles. The number of aromatic nitrogens is 2. The zero-order valence-corrected chi connectivity index (χ0v) is 15.4. The molecule has 7 heteroatoms. The Labute approximate surface area is 161 Å². The van der Waals surface area contributed by atoms with Gasteiger partial charge in [0, 0.05) is 23.2 Å². The average molecular weight is 380 g/mol. The number of halogens is 1. The normalized spacial score (nSPS) is 10.9. The minimum Gasteiger partial charge on any atom is -0.383 e. The van der Waals surface area contributed by atoms with Gasteiger partial charge in [0.1, 0.15) is 5.82 Å². The van der Waals surface area contributed by atoms with Gasteiger partial charge in [-0.25, -0.2) is 4.98 Å². The van der Waals surface area contributed by atoms with Crippen LogP contribution in [0.15, 0.2) is 48.5 Å². The van der Waals surface area contributed by atoms with Crippen LogP contribution in [0.4, 0.5) is 17.5 Å². The zero-order chi connectivity index (χ0) is 19.4. The molecule has 3 rings (SSSR count). The van der Waals surface area contributed by atoms with Crippen molar-refractivity contribution in [2.75, 3.05) is 16.8 Å². The first-order valence-electron chi connectivity index (χ1n) is 8.17. The Kier molecular flexibility index (Phi) is 5.38. The molecule has 0 aliphatic rings. The highest BCUT2D eigenvalue weighted by Crippen LogP contribution is 2.30. The monoisotopic (exact) mass is 379 g/mol. The largest absolute Gasteiger partial charge is 0.383 e. The van der Waals surface area contributed by atoms with Crippen molar-refractivity contribution in [3.63, 3.8) is 0 Å². The van der Waals surface area contributed by atoms with E-state index in [1.807, 2.05) is 48.6 Å². The molecule has 1 heterocycles. The Hall–Kier alpha value is -3.38. The number of nitrogen functional groups attached to an aromatic ring is 2. The maximum atomic E-state index is 11.2. The third kappa shape index (κ3) is 4.62. The van der Waals surface area contributed by atoms with E-state index in [4.69, 9.17) is 23.1 Å². The second kappa shape index (κ2) is 7.88. The van der Waals surface area contributed by atoms with E-state index in [1.165, 1.54) is 6.92 Å². The summed E-state index contributed by atoms with van der Waals surface area (Å²) < 4.78 is 0. The molecule has 136 valence electrons. The minimum atomic E-state index is -0.127. The Morgan fingerprint density at radius 3 is 2.52 bits per heavy atom. The van der Waals surface area contributed by atoms with Crippen molar-refractivity contribution in [2.24, 2.45) is 0 Å². The van der Waals surface area contributed by atoms with Crippen molar-refractivity contribution in [3.05, 3.63) is 64.8 Å². The maximum Gasteiger partial charge on any atom is 0.222 e. The van der Waals surface area contributed by atoms with E-state index in [0.29, 0.717) is 22.0 Å². The zero-order valence-electron chi connectivity index (χ0n) is 14.6. The molecule has 1 aromatic heterocycles. The molecule has 0 spiro atoms. The first kappa shape index (κ1) is 18.4. The molecule has 2 aromatic carbocycles. The highest BCUT2D eigenvalue weighted by molar-refractivity contribution is 6.30. The quantitative estimate of drug-likeness (QED) is 0.632. The smallest absolute Gasteiger partial charge is 0.222 e. The summed E-state index contributed by atoms with van der Waals surface area (Å²) in [5, 5.41) is 3.38. The van der Waals surface area contributed by atoms with Gasteiger partial charge in [-0.2, -0.15) is 4.98 Å². The molecule has 0 radical (unpaired) electrons. The molecule has 0 bridgehead atoms. The lowest BCUT2D eigenvalue weighted by atomic mass is 10.0. The minimum absolute atomic E-state index is 0.0943. The van der Waals surface area contributed by atoms with E-state index in [1.54, 1.807) is 12.1 Å². The summed E-state index contributed by atoms with van der Waals surface area (Å²) in [5.74, 6) is 0.255. The van der Waals surface area contributed by atoms with Gasteiger partial charge in [0.2, 0.25) is 11.9 Å². The van der Waals surface area contributed by atoms with Crippen LogP contribution in [0.25, 0.3) is 23.3 Å². The van der Waals surface area contributed by atoms with Crippen molar-refractivity contribution in [1.82, 2.24) is 9.97 Å². The SMILES string of the molecule is CC(=O)Nc1cccc(/C=C/c2nc(N)nc(N)c2-c2ccc(Cl)cc2)c1. The van der Waals surface area contributed by atoms with Crippen molar-refractivity contribution in [3.8, 4) is 11.1 Å². The number of hydrogen-bond donors (Lipinski definition) is 3. The lowest BCUT2D eigenvalue weighted by Gasteiger charge is -2.10. The van der Waals surface area contributed by atoms with Crippen LogP contribution >= 0.6 is 11.6 Å². The average Bonchev–Trinajstić information content (AvgIpc) is 2.60. The summed E-state index contributed by atoms with van der Waals surface area (Å²) in [6.07, 6.45) is 3.68. The molecular formula is C20H18ClN5O. The van der Waals surface area contributed by atoms with E-state index in [2.05, 4.69) is 15.3 Å². The fourth-order valence-corrected chi connectivity index (χ4v) is 2.77. The number of hydrogen-bond acceptors (Lipinski definition) is 5. The molecule has 27 heavy (non-hydrogen) atoms. The lowest BCUT2D eigenvalue weighted by Crippen LogP contribution is -2.05. The van der Waals surface area contributed by atoms with Crippen molar-refractivity contribution < 1.29 is 4.79 Å². The van der Waals surface area contributed by atoms with Gasteiger partial charge in [0.25, 0.3) is 0 Å². The first-order chi connectivity index (χ1) is 12.9. The van der Waals surface area contributed by atoms with E-state index in [9.17, 15) is 4.79 Å². The Morgan fingerprint density at radius 1 is 1.07 bits per heavy atom. The van der Waals surface area contributed by atoms with Crippen LogP contribution in [-0.2, 0) is 4.79 Å². The Morgan fingerprint density at radius 2 is 1.81 bits per heavy atom. The highest BCUT2D eigenvalue weighted by Gasteiger charge is 2.12. The van der Waals surface area contributed by atoms with Crippen LogP contribution < -0.4 is 16.8 Å². The predicted molar refractivity (Wildman–Crippen MR) is 111 cm³/mol. The Balaban J connectivity index is 2.00.